The summed E-state index contributed by atoms with van der Waals surface area (Å²) in [6.45, 7) is -0.00460. The van der Waals surface area contributed by atoms with E-state index in [2.05, 4.69) is 37.2 Å². The van der Waals surface area contributed by atoms with Crippen molar-refractivity contribution in [1.82, 2.24) is 0 Å². The average molecular weight is 456 g/mol. The Morgan fingerprint density at radius 3 is 2.83 bits per heavy atom. The molecule has 0 radical (unpaired) electrons. The third-order valence-corrected chi connectivity index (χ3v) is 5.54. The number of benzene rings is 2. The number of nitrogens with one attached hydrogen (secondary N) is 1. The first-order valence-electron chi connectivity index (χ1n) is 6.81. The van der Waals surface area contributed by atoms with Gasteiger partial charge in [-0.2, -0.15) is 0 Å². The van der Waals surface area contributed by atoms with Crippen LogP contribution in [0.5, 0.6) is 0 Å². The van der Waals surface area contributed by atoms with Gasteiger partial charge in [-0.25, -0.2) is 0 Å². The predicted molar refractivity (Wildman–Crippen MR) is 100.0 cm³/mol. The van der Waals surface area contributed by atoms with E-state index in [1.54, 1.807) is 0 Å². The molecule has 2 amide bonds. The van der Waals surface area contributed by atoms with E-state index in [9.17, 15) is 9.59 Å². The van der Waals surface area contributed by atoms with Gasteiger partial charge < -0.3 is 10.2 Å². The number of rotatable bonds is 3. The van der Waals surface area contributed by atoms with Crippen LogP contribution in [0, 0.1) is 0 Å². The molecule has 0 saturated carbocycles. The molecule has 118 valence electrons. The lowest BCUT2D eigenvalue weighted by molar-refractivity contribution is -0.120. The normalized spacial score (nSPS) is 13.7. The summed E-state index contributed by atoms with van der Waals surface area (Å²) in [7, 11) is 0. The molecule has 0 saturated heterocycles. The fourth-order valence-electron chi connectivity index (χ4n) is 2.25. The summed E-state index contributed by atoms with van der Waals surface area (Å²) in [6, 6.07) is 13.2. The highest BCUT2D eigenvalue weighted by Gasteiger charge is 2.26. The van der Waals surface area contributed by atoms with E-state index in [4.69, 9.17) is 0 Å². The van der Waals surface area contributed by atoms with Gasteiger partial charge in [-0.1, -0.05) is 28.1 Å². The lowest BCUT2D eigenvalue weighted by atomic mass is 10.2. The van der Waals surface area contributed by atoms with Crippen LogP contribution in [-0.2, 0) is 9.59 Å². The van der Waals surface area contributed by atoms with E-state index in [0.29, 0.717) is 11.4 Å². The highest BCUT2D eigenvalue weighted by molar-refractivity contribution is 9.11. The summed E-state index contributed by atoms with van der Waals surface area (Å²) in [5, 5.41) is 2.83. The zero-order chi connectivity index (χ0) is 16.4. The quantitative estimate of drug-likeness (QED) is 0.750. The second-order valence-corrected chi connectivity index (χ2v) is 7.70. The van der Waals surface area contributed by atoms with Gasteiger partial charge in [0.2, 0.25) is 11.8 Å². The lowest BCUT2D eigenvalue weighted by Gasteiger charge is -2.28. The molecule has 1 N–H and O–H groups in total. The minimum Gasteiger partial charge on any atom is -0.323 e. The number of carbonyl (C=O) groups is 2. The Balaban J connectivity index is 1.78. The van der Waals surface area contributed by atoms with Crippen molar-refractivity contribution in [3.05, 3.63) is 51.4 Å². The first-order chi connectivity index (χ1) is 11.0. The van der Waals surface area contributed by atoms with Crippen molar-refractivity contribution in [3.8, 4) is 0 Å². The van der Waals surface area contributed by atoms with Crippen molar-refractivity contribution in [3.63, 3.8) is 0 Å². The topological polar surface area (TPSA) is 49.4 Å². The molecule has 1 aliphatic heterocycles. The number of halogens is 2. The smallest absolute Gasteiger partial charge is 0.244 e. The first-order valence-corrected chi connectivity index (χ1v) is 9.39. The zero-order valence-corrected chi connectivity index (χ0v) is 15.9. The Kier molecular flexibility index (Phi) is 5.08. The third kappa shape index (κ3) is 3.79. The molecule has 0 aliphatic carbocycles. The fourth-order valence-corrected chi connectivity index (χ4v) is 3.90. The molecule has 0 bridgehead atoms. The van der Waals surface area contributed by atoms with Gasteiger partial charge in [0, 0.05) is 13.8 Å². The summed E-state index contributed by atoms with van der Waals surface area (Å²) >= 11 is 8.28. The number of carbonyl (C=O) groups excluding carboxylic acids is 2. The highest BCUT2D eigenvalue weighted by Crippen LogP contribution is 2.34. The molecule has 1 aliphatic rings. The number of amides is 2. The van der Waals surface area contributed by atoms with Crippen LogP contribution in [-0.4, -0.2) is 24.1 Å². The average Bonchev–Trinajstić information content (AvgIpc) is 2.54. The molecule has 7 heteroatoms. The van der Waals surface area contributed by atoms with E-state index in [1.165, 1.54) is 16.7 Å². The minimum atomic E-state index is -0.237. The second-order valence-electron chi connectivity index (χ2n) is 4.91. The van der Waals surface area contributed by atoms with Crippen molar-refractivity contribution < 1.29 is 9.59 Å². The molecule has 3 rings (SSSR count). The number of hydrogen-bond acceptors (Lipinski definition) is 3. The Bertz CT molecular complexity index is 782. The highest BCUT2D eigenvalue weighted by atomic mass is 79.9. The van der Waals surface area contributed by atoms with Crippen molar-refractivity contribution in [2.24, 2.45) is 0 Å². The second kappa shape index (κ2) is 7.07. The number of anilines is 2. The van der Waals surface area contributed by atoms with Gasteiger partial charge in [0.1, 0.15) is 6.54 Å². The van der Waals surface area contributed by atoms with Crippen LogP contribution in [0.25, 0.3) is 0 Å². The van der Waals surface area contributed by atoms with Crippen molar-refractivity contribution in [1.29, 1.82) is 0 Å². The number of nitrogens with zero attached hydrogens (tertiary/aromatic N) is 1. The van der Waals surface area contributed by atoms with E-state index >= 15 is 0 Å². The van der Waals surface area contributed by atoms with Gasteiger partial charge in [0.15, 0.2) is 0 Å². The Morgan fingerprint density at radius 1 is 1.22 bits per heavy atom. The number of thioether (sulfide) groups is 1. The largest absolute Gasteiger partial charge is 0.323 e. The molecule has 2 aromatic rings. The monoisotopic (exact) mass is 454 g/mol. The Labute approximate surface area is 154 Å². The van der Waals surface area contributed by atoms with E-state index in [-0.39, 0.29) is 18.4 Å². The fraction of sp³-hybridized carbons (Fsp3) is 0.125. The summed E-state index contributed by atoms with van der Waals surface area (Å²) in [5.41, 5.74) is 1.45. The number of fused-ring (bicyclic) bond motifs is 1. The van der Waals surface area contributed by atoms with Crippen LogP contribution >= 0.6 is 43.6 Å². The lowest BCUT2D eigenvalue weighted by Crippen LogP contribution is -2.41. The third-order valence-electron chi connectivity index (χ3n) is 3.31. The van der Waals surface area contributed by atoms with Crippen LogP contribution in [0.4, 0.5) is 11.4 Å². The van der Waals surface area contributed by atoms with E-state index in [0.717, 1.165) is 19.5 Å². The number of para-hydroxylation sites is 1. The molecule has 4 nitrogen and oxygen atoms in total. The van der Waals surface area contributed by atoms with Gasteiger partial charge in [0.05, 0.1) is 17.1 Å². The van der Waals surface area contributed by atoms with Gasteiger partial charge >= 0.3 is 0 Å². The van der Waals surface area contributed by atoms with Crippen molar-refractivity contribution in [2.75, 3.05) is 22.5 Å². The molecule has 0 atom stereocenters. The molecule has 0 fully saturated rings. The zero-order valence-electron chi connectivity index (χ0n) is 11.9. The predicted octanol–water partition coefficient (Wildman–Crippen LogP) is 4.29. The molecule has 0 aromatic heterocycles. The minimum absolute atomic E-state index is 0.00460. The van der Waals surface area contributed by atoms with Crippen molar-refractivity contribution in [2.45, 2.75) is 4.90 Å². The summed E-state index contributed by atoms with van der Waals surface area (Å²) in [6.07, 6.45) is 0. The van der Waals surface area contributed by atoms with Crippen molar-refractivity contribution >= 4 is 66.8 Å². The molecular weight excluding hydrogens is 444 g/mol. The standard InChI is InChI=1S/C16H12Br2N2O2S/c17-10-5-6-11(18)12(7-10)19-15(21)8-20-13-3-1-2-4-14(13)23-9-16(20)22/h1-7H,8-9H2,(H,19,21). The van der Waals surface area contributed by atoms with Crippen LogP contribution in [0.15, 0.2) is 56.3 Å². The Morgan fingerprint density at radius 2 is 2.00 bits per heavy atom. The van der Waals surface area contributed by atoms with Gasteiger partial charge in [0.25, 0.3) is 0 Å². The first kappa shape index (κ1) is 16.5. The van der Waals surface area contributed by atoms with Crippen LogP contribution in [0.1, 0.15) is 0 Å². The molecule has 23 heavy (non-hydrogen) atoms. The maximum atomic E-state index is 12.4. The Hall–Kier alpha value is -1.31. The van der Waals surface area contributed by atoms with E-state index < -0.39 is 0 Å². The summed E-state index contributed by atoms with van der Waals surface area (Å²) in [5.74, 6) is 0.0567. The molecule has 0 spiro atoms. The summed E-state index contributed by atoms with van der Waals surface area (Å²) < 4.78 is 1.65. The molecular formula is C16H12Br2N2O2S. The van der Waals surface area contributed by atoms with Crippen LogP contribution in [0.3, 0.4) is 0 Å². The molecule has 1 heterocycles. The van der Waals surface area contributed by atoms with Crippen LogP contribution < -0.4 is 10.2 Å². The van der Waals surface area contributed by atoms with Gasteiger partial charge in [-0.05, 0) is 46.3 Å². The number of hydrogen-bond donors (Lipinski definition) is 1. The van der Waals surface area contributed by atoms with Crippen LogP contribution in [0.2, 0.25) is 0 Å². The van der Waals surface area contributed by atoms with Gasteiger partial charge in [-0.15, -0.1) is 11.8 Å². The van der Waals surface area contributed by atoms with E-state index in [1.807, 2.05) is 42.5 Å². The summed E-state index contributed by atoms with van der Waals surface area (Å²) in [4.78, 5) is 27.1. The maximum Gasteiger partial charge on any atom is 0.244 e. The van der Waals surface area contributed by atoms with Gasteiger partial charge in [-0.3, -0.25) is 9.59 Å². The molecule has 0 unspecified atom stereocenters. The SMILES string of the molecule is O=C(CN1C(=O)CSc2ccccc21)Nc1cc(Br)ccc1Br. The molecule has 2 aromatic carbocycles. The maximum absolute atomic E-state index is 12.4.